The summed E-state index contributed by atoms with van der Waals surface area (Å²) in [5.41, 5.74) is 33.5. The molecule has 7 heterocycles. The van der Waals surface area contributed by atoms with Gasteiger partial charge in [0, 0.05) is 27.8 Å². The van der Waals surface area contributed by atoms with Gasteiger partial charge in [0.15, 0.2) is 44.0 Å². The third-order valence-corrected chi connectivity index (χ3v) is 21.7. The number of benzene rings is 4. The first kappa shape index (κ1) is 83.7. The fraction of sp³-hybridized carbons (Fsp3) is 0.680. The van der Waals surface area contributed by atoms with Gasteiger partial charge in [0.05, 0.1) is 113 Å². The summed E-state index contributed by atoms with van der Waals surface area (Å²) in [6.45, 7) is 12.0. The van der Waals surface area contributed by atoms with Crippen LogP contribution in [0.3, 0.4) is 0 Å². The van der Waals surface area contributed by atoms with Crippen LogP contribution in [0.4, 0.5) is 0 Å². The largest absolute Gasteiger partial charge is 0.394 e. The molecule has 7 fully saturated rings. The smallest absolute Gasteiger partial charge is 0.186 e. The van der Waals surface area contributed by atoms with Gasteiger partial charge in [-0.15, -0.1) is 0 Å². The van der Waals surface area contributed by atoms with Crippen molar-refractivity contribution < 1.29 is 121 Å². The Bertz CT molecular complexity index is 3570. The number of hydrogen-bond donors (Lipinski definition) is 7. The van der Waals surface area contributed by atoms with E-state index in [-0.39, 0.29) is 32.3 Å². The van der Waals surface area contributed by atoms with Gasteiger partial charge in [-0.2, -0.15) is 0 Å². The summed E-state index contributed by atoms with van der Waals surface area (Å²) >= 11 is 0. The Morgan fingerprint density at radius 2 is 0.560 bits per heavy atom. The second-order valence-corrected chi connectivity index (χ2v) is 28.9. The number of nitrogens with zero attached hydrogens (tertiary/aromatic N) is 9. The third-order valence-electron chi connectivity index (χ3n) is 21.7. The van der Waals surface area contributed by atoms with Crippen LogP contribution in [0.15, 0.2) is 137 Å². The van der Waals surface area contributed by atoms with Crippen LogP contribution >= 0.6 is 0 Å². The molecule has 7 N–H and O–H groups in total. The Morgan fingerprint density at radius 3 is 0.835 bits per heavy atom. The van der Waals surface area contributed by atoms with E-state index in [2.05, 4.69) is 30.1 Å². The minimum Gasteiger partial charge on any atom is -0.394 e. The molecule has 11 rings (SSSR count). The van der Waals surface area contributed by atoms with Crippen LogP contribution in [0.2, 0.25) is 0 Å². The first-order valence-electron chi connectivity index (χ1n) is 37.1. The zero-order valence-corrected chi connectivity index (χ0v) is 62.2. The minimum atomic E-state index is -1.70. The number of aliphatic hydroxyl groups is 7. The summed E-state index contributed by atoms with van der Waals surface area (Å²) in [6.07, 6.45) is -34.1. The van der Waals surface area contributed by atoms with Gasteiger partial charge in [-0.25, -0.2) is 0 Å². The number of azide groups is 3. The van der Waals surface area contributed by atoms with Crippen molar-refractivity contribution >= 4 is 0 Å². The lowest BCUT2D eigenvalue weighted by Gasteiger charge is -2.51. The Kier molecular flexibility index (Phi) is 30.4. The van der Waals surface area contributed by atoms with Crippen LogP contribution < -0.4 is 0 Å². The highest BCUT2D eigenvalue weighted by Gasteiger charge is 2.58. The van der Waals surface area contributed by atoms with Crippen LogP contribution in [0.1, 0.15) is 77.6 Å². The van der Waals surface area contributed by atoms with E-state index >= 15 is 0 Å². The van der Waals surface area contributed by atoms with Crippen LogP contribution in [0.25, 0.3) is 31.3 Å². The van der Waals surface area contributed by atoms with Crippen LogP contribution in [0.5, 0.6) is 0 Å². The van der Waals surface area contributed by atoms with Gasteiger partial charge in [0.2, 0.25) is 0 Å². The van der Waals surface area contributed by atoms with Crippen molar-refractivity contribution in [2.45, 2.75) is 272 Å². The van der Waals surface area contributed by atoms with E-state index in [1.807, 2.05) is 135 Å². The first-order valence-corrected chi connectivity index (χ1v) is 37.1. The molecule has 0 aromatic heterocycles. The van der Waals surface area contributed by atoms with Crippen molar-refractivity contribution in [3.05, 3.63) is 175 Å². The van der Waals surface area contributed by atoms with Gasteiger partial charge in [-0.05, 0) is 84.3 Å². The van der Waals surface area contributed by atoms with Crippen LogP contribution in [-0.2, 0) is 112 Å². The molecule has 35 atom stereocenters. The van der Waals surface area contributed by atoms with Gasteiger partial charge in [-0.3, -0.25) is 0 Å². The van der Waals surface area contributed by atoms with Crippen molar-refractivity contribution in [3.8, 4) is 0 Å². The number of methoxy groups -OCH3 is 1. The van der Waals surface area contributed by atoms with E-state index < -0.39 is 228 Å². The second-order valence-electron chi connectivity index (χ2n) is 28.9. The quantitative estimate of drug-likeness (QED) is 0.0162. The summed E-state index contributed by atoms with van der Waals surface area (Å²) in [6, 6.07) is 33.4. The van der Waals surface area contributed by atoms with Crippen LogP contribution in [-0.4, -0.2) is 253 Å². The molecule has 4 aromatic rings. The van der Waals surface area contributed by atoms with Crippen molar-refractivity contribution in [2.24, 2.45) is 39.0 Å². The fourth-order valence-electron chi connectivity index (χ4n) is 15.4. The molecule has 0 bridgehead atoms. The van der Waals surface area contributed by atoms with Gasteiger partial charge >= 0.3 is 0 Å². The Balaban J connectivity index is 0.787. The van der Waals surface area contributed by atoms with Gasteiger partial charge in [-0.1, -0.05) is 164 Å². The van der Waals surface area contributed by atoms with Crippen molar-refractivity contribution in [1.29, 1.82) is 0 Å². The Morgan fingerprint density at radius 1 is 0.312 bits per heavy atom. The molecule has 0 spiro atoms. The molecular formula is C75H103N9O25. The van der Waals surface area contributed by atoms with E-state index in [0.29, 0.717) is 5.56 Å². The first-order chi connectivity index (χ1) is 52.7. The predicted octanol–water partition coefficient (Wildman–Crippen LogP) is 6.44. The van der Waals surface area contributed by atoms with E-state index in [0.717, 1.165) is 16.7 Å². The lowest BCUT2D eigenvalue weighted by atomic mass is 9.87. The van der Waals surface area contributed by atoms with E-state index in [9.17, 15) is 52.3 Å². The number of hydrogen-bond acceptors (Lipinski definition) is 28. The summed E-state index contributed by atoms with van der Waals surface area (Å²) < 4.78 is 116. The average molecular weight is 1530 g/mol. The van der Waals surface area contributed by atoms with E-state index in [4.69, 9.17) is 85.3 Å². The molecular weight excluding hydrogens is 1430 g/mol. The molecule has 14 unspecified atom stereocenters. The monoisotopic (exact) mass is 1530 g/mol. The topological polar surface area (TPSA) is 454 Å². The maximum atomic E-state index is 12.6. The standard InChI is InChI=1S/C75H103N9O25/c1-37-41(5)97-73(55(88)62(37)93-33-45-22-14-10-15-23-45)104-59-38(2)52(79-82-76)70(101-49(59)30-85)108-64-43(7)99-75(57(90)67(64)95-35-47-26-18-12-19-27-47)106-61-40(4)54(81-84-78)71(103-51(61)32-87)109-65-44(8)100-74(58(91)68(65)96-36-48-28-20-13-21-29-48)105-60-39(3)53(80-83-77)69(102-50(60)31-86)107-63-42(6)98-72(92-9)56(89)66(63)94-34-46-24-16-11-17-25-46/h10-29,37-44,49-75,85-91H,30-36H2,1-9H3/t37-,38-,39-,40-,41?,42?,43?,44?,49?,50?,51?,52?,53?,54?,55?,56?,57?,58?,59-,60-,61+,62-,63-,64-,65-,66+,67+,68+,69-,70+,71-,72-,73+,74+,75+/m1/s1. The third kappa shape index (κ3) is 19.7. The van der Waals surface area contributed by atoms with Crippen molar-refractivity contribution in [1.82, 2.24) is 0 Å². The molecule has 4 aromatic carbocycles. The fourth-order valence-corrected chi connectivity index (χ4v) is 15.4. The molecule has 598 valence electrons. The summed E-state index contributed by atoms with van der Waals surface area (Å²) in [5, 5.41) is 94.2. The maximum Gasteiger partial charge on any atom is 0.186 e. The molecule has 34 nitrogen and oxygen atoms in total. The van der Waals surface area contributed by atoms with Crippen LogP contribution in [0, 0.1) is 23.7 Å². The molecule has 0 amide bonds. The molecule has 7 aliphatic rings. The Hall–Kier alpha value is -6.19. The molecule has 0 saturated carbocycles. The molecule has 0 aliphatic carbocycles. The zero-order valence-electron chi connectivity index (χ0n) is 62.2. The number of aliphatic hydroxyl groups excluding tert-OH is 7. The summed E-state index contributed by atoms with van der Waals surface area (Å²) in [7, 11) is 1.39. The van der Waals surface area contributed by atoms with Crippen molar-refractivity contribution in [2.75, 3.05) is 26.9 Å². The lowest BCUT2D eigenvalue weighted by Crippen LogP contribution is -2.66. The second kappa shape index (κ2) is 39.5. The molecule has 7 aliphatic heterocycles. The van der Waals surface area contributed by atoms with E-state index in [1.54, 1.807) is 41.5 Å². The maximum absolute atomic E-state index is 12.6. The Labute approximate surface area is 631 Å². The molecule has 7 saturated heterocycles. The number of ether oxygens (including phenoxy) is 18. The van der Waals surface area contributed by atoms with E-state index in [1.165, 1.54) is 7.11 Å². The highest BCUT2D eigenvalue weighted by molar-refractivity contribution is 5.17. The molecule has 109 heavy (non-hydrogen) atoms. The summed E-state index contributed by atoms with van der Waals surface area (Å²) in [4.78, 5) is 9.45. The highest BCUT2D eigenvalue weighted by atomic mass is 16.8. The molecule has 0 radical (unpaired) electrons. The molecule has 34 heteroatoms. The average Bonchev–Trinajstić information content (AvgIpc) is 0.777. The van der Waals surface area contributed by atoms with Gasteiger partial charge in [0.1, 0.15) is 79.4 Å². The summed E-state index contributed by atoms with van der Waals surface area (Å²) in [5.74, 6) is -2.78. The SMILES string of the molecule is CO[C@@H]1OC(C)[C@@H](O[C@H]2OC(CO)[C@H](O[C@@H]3OC(C)[C@@H](O[C@H]4OC(CO)[C@@H](O[C@@H]5OC(C)[C@@H](O[C@@H]6OC(CO)[C@H](O[C@@H]7OC(C)[C@@H](C)[C@@H](OCc8ccccc8)C7O)[C@H](C)C6N=[N+]=[N-])[C@@H](OCc6ccccc6)C5O)[C@H](C)C4N=[N+]=[N-])[C@@H](OCc4ccccc4)C3O)[C@H](C)C2N=[N+]=[N-])[C@@H](OCc2ccccc2)C1O. The number of rotatable bonds is 31. The van der Waals surface area contributed by atoms with Gasteiger partial charge < -0.3 is 121 Å². The normalized spacial score (nSPS) is 41.2. The zero-order chi connectivity index (χ0) is 77.6. The highest BCUT2D eigenvalue weighted by Crippen LogP contribution is 2.43. The lowest BCUT2D eigenvalue weighted by molar-refractivity contribution is -0.380. The van der Waals surface area contributed by atoms with Crippen molar-refractivity contribution in [3.63, 3.8) is 0 Å². The minimum absolute atomic E-state index is 0.0606. The predicted molar refractivity (Wildman–Crippen MR) is 380 cm³/mol. The van der Waals surface area contributed by atoms with Gasteiger partial charge in [0.25, 0.3) is 0 Å².